The molecule has 21 heavy (non-hydrogen) atoms. The molecule has 2 aromatic rings. The number of aromatic nitrogens is 1. The van der Waals surface area contributed by atoms with Gasteiger partial charge in [-0.05, 0) is 31.9 Å². The van der Waals surface area contributed by atoms with Gasteiger partial charge in [-0.15, -0.1) is 0 Å². The molecule has 3 rings (SSSR count). The van der Waals surface area contributed by atoms with Gasteiger partial charge in [0.2, 0.25) is 0 Å². The van der Waals surface area contributed by atoms with Gasteiger partial charge < -0.3 is 15.0 Å². The van der Waals surface area contributed by atoms with Crippen LogP contribution in [0.5, 0.6) is 5.75 Å². The molecule has 4 heteroatoms. The van der Waals surface area contributed by atoms with Crippen LogP contribution in [-0.4, -0.2) is 11.7 Å². The van der Waals surface area contributed by atoms with Gasteiger partial charge in [-0.25, -0.2) is 0 Å². The summed E-state index contributed by atoms with van der Waals surface area (Å²) in [5, 5.41) is 0. The van der Waals surface area contributed by atoms with Crippen LogP contribution in [0.1, 0.15) is 41.6 Å². The van der Waals surface area contributed by atoms with Gasteiger partial charge in [-0.2, -0.15) is 0 Å². The van der Waals surface area contributed by atoms with Crippen molar-refractivity contribution in [3.8, 4) is 5.75 Å². The molecule has 0 aliphatic heterocycles. The molecule has 4 nitrogen and oxygen atoms in total. The third-order valence-electron chi connectivity index (χ3n) is 4.00. The molecule has 0 saturated heterocycles. The molecule has 1 aromatic carbocycles. The summed E-state index contributed by atoms with van der Waals surface area (Å²) in [6.07, 6.45) is 4.00. The first-order valence-electron chi connectivity index (χ1n) is 7.23. The van der Waals surface area contributed by atoms with Crippen molar-refractivity contribution in [1.29, 1.82) is 0 Å². The summed E-state index contributed by atoms with van der Waals surface area (Å²) in [4.78, 5) is 12.6. The van der Waals surface area contributed by atoms with Crippen molar-refractivity contribution in [3.05, 3.63) is 63.6 Å². The molecule has 1 heterocycles. The highest BCUT2D eigenvalue weighted by atomic mass is 16.5. The summed E-state index contributed by atoms with van der Waals surface area (Å²) in [5.74, 6) is 0.717. The molecule has 0 amide bonds. The fraction of sp³-hybridized carbons (Fsp3) is 0.353. The second kappa shape index (κ2) is 5.37. The fourth-order valence-corrected chi connectivity index (χ4v) is 2.67. The van der Waals surface area contributed by atoms with Gasteiger partial charge in [0.15, 0.2) is 0 Å². The number of ether oxygens (including phenoxy) is 1. The third kappa shape index (κ3) is 2.59. The molecular formula is C17H20N2O2. The summed E-state index contributed by atoms with van der Waals surface area (Å²) < 4.78 is 7.19. The highest BCUT2D eigenvalue weighted by molar-refractivity contribution is 5.43. The van der Waals surface area contributed by atoms with Crippen LogP contribution in [-0.2, 0) is 0 Å². The molecule has 2 N–H and O–H groups in total. The molecular weight excluding hydrogens is 264 g/mol. The largest absolute Gasteiger partial charge is 0.496 e. The van der Waals surface area contributed by atoms with Crippen LogP contribution < -0.4 is 16.0 Å². The first-order chi connectivity index (χ1) is 10.1. The number of hydrogen-bond acceptors (Lipinski definition) is 3. The standard InChI is InChI=1S/C17H20N2O2/c1-11-5-8-15(21-2)14(10-11)16(18)13-4-3-9-19(17(13)20)12-6-7-12/h3-5,8-10,12,16H,6-7,18H2,1-2H3. The van der Waals surface area contributed by atoms with Crippen LogP contribution in [0.4, 0.5) is 0 Å². The van der Waals surface area contributed by atoms with E-state index in [1.807, 2.05) is 43.5 Å². The van der Waals surface area contributed by atoms with Gasteiger partial charge in [0.25, 0.3) is 5.56 Å². The number of rotatable bonds is 4. The molecule has 0 spiro atoms. The van der Waals surface area contributed by atoms with Crippen molar-refractivity contribution in [2.24, 2.45) is 5.73 Å². The van der Waals surface area contributed by atoms with Gasteiger partial charge >= 0.3 is 0 Å². The second-order valence-electron chi connectivity index (χ2n) is 5.63. The van der Waals surface area contributed by atoms with Crippen LogP contribution in [0, 0.1) is 6.92 Å². The van der Waals surface area contributed by atoms with E-state index in [0.29, 0.717) is 17.4 Å². The maximum atomic E-state index is 12.6. The zero-order chi connectivity index (χ0) is 15.0. The molecule has 1 atom stereocenters. The predicted octanol–water partition coefficient (Wildman–Crippen LogP) is 2.55. The van der Waals surface area contributed by atoms with E-state index in [-0.39, 0.29) is 5.56 Å². The number of hydrogen-bond donors (Lipinski definition) is 1. The zero-order valence-electron chi connectivity index (χ0n) is 12.4. The van der Waals surface area contributed by atoms with Crippen LogP contribution in [0.15, 0.2) is 41.3 Å². The average molecular weight is 284 g/mol. The Bertz CT molecular complexity index is 717. The Hall–Kier alpha value is -2.07. The Kier molecular flexibility index (Phi) is 3.55. The van der Waals surface area contributed by atoms with Crippen molar-refractivity contribution in [1.82, 2.24) is 4.57 Å². The summed E-state index contributed by atoms with van der Waals surface area (Å²) in [6, 6.07) is 9.44. The van der Waals surface area contributed by atoms with E-state index in [2.05, 4.69) is 0 Å². The van der Waals surface area contributed by atoms with Crippen LogP contribution in [0.25, 0.3) is 0 Å². The minimum atomic E-state index is -0.474. The number of nitrogens with two attached hydrogens (primary N) is 1. The minimum Gasteiger partial charge on any atom is -0.496 e. The highest BCUT2D eigenvalue weighted by Gasteiger charge is 2.26. The molecule has 1 fully saturated rings. The van der Waals surface area contributed by atoms with Crippen molar-refractivity contribution >= 4 is 0 Å². The normalized spacial score (nSPS) is 15.8. The summed E-state index contributed by atoms with van der Waals surface area (Å²) in [5.41, 5.74) is 8.93. The molecule has 1 aliphatic carbocycles. The highest BCUT2D eigenvalue weighted by Crippen LogP contribution is 2.34. The van der Waals surface area contributed by atoms with Crippen LogP contribution in [0.3, 0.4) is 0 Å². The third-order valence-corrected chi connectivity index (χ3v) is 4.00. The molecule has 1 aromatic heterocycles. The van der Waals surface area contributed by atoms with Gasteiger partial charge in [0, 0.05) is 23.4 Å². The van der Waals surface area contributed by atoms with Crippen LogP contribution in [0.2, 0.25) is 0 Å². The predicted molar refractivity (Wildman–Crippen MR) is 82.7 cm³/mol. The van der Waals surface area contributed by atoms with Crippen molar-refractivity contribution < 1.29 is 4.74 Å². The van der Waals surface area contributed by atoms with E-state index < -0.39 is 6.04 Å². The lowest BCUT2D eigenvalue weighted by Gasteiger charge is -2.17. The monoisotopic (exact) mass is 284 g/mol. The van der Waals surface area contributed by atoms with Gasteiger partial charge in [0.05, 0.1) is 13.2 Å². The lowest BCUT2D eigenvalue weighted by Crippen LogP contribution is -2.28. The van der Waals surface area contributed by atoms with E-state index in [1.54, 1.807) is 11.7 Å². The van der Waals surface area contributed by atoms with E-state index in [4.69, 9.17) is 10.5 Å². The fourth-order valence-electron chi connectivity index (χ4n) is 2.67. The molecule has 110 valence electrons. The van der Waals surface area contributed by atoms with Gasteiger partial charge in [0.1, 0.15) is 5.75 Å². The molecule has 0 bridgehead atoms. The summed E-state index contributed by atoms with van der Waals surface area (Å²) in [6.45, 7) is 2.00. The number of benzene rings is 1. The SMILES string of the molecule is COc1ccc(C)cc1C(N)c1cccn(C2CC2)c1=O. The quantitative estimate of drug-likeness (QED) is 0.938. The van der Waals surface area contributed by atoms with Gasteiger partial charge in [-0.1, -0.05) is 23.8 Å². The first-order valence-corrected chi connectivity index (χ1v) is 7.23. The molecule has 1 saturated carbocycles. The topological polar surface area (TPSA) is 57.2 Å². The molecule has 1 aliphatic rings. The van der Waals surface area contributed by atoms with Crippen LogP contribution >= 0.6 is 0 Å². The second-order valence-corrected chi connectivity index (χ2v) is 5.63. The Balaban J connectivity index is 2.06. The first kappa shape index (κ1) is 13.9. The summed E-state index contributed by atoms with van der Waals surface area (Å²) in [7, 11) is 1.62. The van der Waals surface area contributed by atoms with Gasteiger partial charge in [-0.3, -0.25) is 4.79 Å². The maximum absolute atomic E-state index is 12.6. The van der Waals surface area contributed by atoms with Crippen molar-refractivity contribution in [2.75, 3.05) is 7.11 Å². The lowest BCUT2D eigenvalue weighted by atomic mass is 9.98. The summed E-state index contributed by atoms with van der Waals surface area (Å²) >= 11 is 0. The Labute approximate surface area is 124 Å². The van der Waals surface area contributed by atoms with E-state index in [1.165, 1.54) is 0 Å². The lowest BCUT2D eigenvalue weighted by molar-refractivity contribution is 0.407. The van der Waals surface area contributed by atoms with E-state index in [9.17, 15) is 4.79 Å². The van der Waals surface area contributed by atoms with Crippen molar-refractivity contribution in [3.63, 3.8) is 0 Å². The Morgan fingerprint density at radius 2 is 2.05 bits per heavy atom. The van der Waals surface area contributed by atoms with E-state index >= 15 is 0 Å². The Morgan fingerprint density at radius 1 is 1.29 bits per heavy atom. The number of pyridine rings is 1. The molecule has 0 radical (unpaired) electrons. The molecule has 1 unspecified atom stereocenters. The number of aryl methyl sites for hydroxylation is 1. The maximum Gasteiger partial charge on any atom is 0.255 e. The number of methoxy groups -OCH3 is 1. The van der Waals surface area contributed by atoms with Crippen molar-refractivity contribution in [2.45, 2.75) is 31.8 Å². The van der Waals surface area contributed by atoms with E-state index in [0.717, 1.165) is 24.0 Å². The Morgan fingerprint density at radius 3 is 2.71 bits per heavy atom. The smallest absolute Gasteiger partial charge is 0.255 e. The zero-order valence-corrected chi connectivity index (χ0v) is 12.4. The minimum absolute atomic E-state index is 0.0102. The average Bonchev–Trinajstić information content (AvgIpc) is 3.31. The number of nitrogens with zero attached hydrogens (tertiary/aromatic N) is 1.